The Bertz CT molecular complexity index is 901. The second kappa shape index (κ2) is 5.01. The van der Waals surface area contributed by atoms with Crippen molar-refractivity contribution in [3.63, 3.8) is 0 Å². The minimum Gasteiger partial charge on any atom is -0.371 e. The molecule has 0 atom stereocenters. The maximum Gasteiger partial charge on any atom is 0.281 e. The van der Waals surface area contributed by atoms with Crippen LogP contribution in [0, 0.1) is 5.82 Å². The number of thiazole rings is 1. The number of halogens is 1. The average Bonchev–Trinajstić information content (AvgIpc) is 3.00. The van der Waals surface area contributed by atoms with Crippen molar-refractivity contribution in [2.45, 2.75) is 5.03 Å². The van der Waals surface area contributed by atoms with E-state index in [1.165, 1.54) is 33.9 Å². The van der Waals surface area contributed by atoms with Gasteiger partial charge in [0, 0.05) is 18.6 Å². The molecule has 0 bridgehead atoms. The van der Waals surface area contributed by atoms with Gasteiger partial charge in [-0.15, -0.1) is 11.3 Å². The molecule has 3 rings (SSSR count). The Balaban J connectivity index is 2.12. The molecule has 0 aliphatic carbocycles. The van der Waals surface area contributed by atoms with Gasteiger partial charge in [-0.2, -0.15) is 8.42 Å². The number of imidazole rings is 1. The van der Waals surface area contributed by atoms with Crippen LogP contribution in [0.1, 0.15) is 0 Å². The summed E-state index contributed by atoms with van der Waals surface area (Å²) in [5.41, 5.74) is -0.107. The number of nitrogens with zero attached hydrogens (tertiary/aromatic N) is 2. The summed E-state index contributed by atoms with van der Waals surface area (Å²) in [4.78, 5) is 4.71. The van der Waals surface area contributed by atoms with E-state index >= 15 is 0 Å². The molecule has 3 aromatic rings. The van der Waals surface area contributed by atoms with Gasteiger partial charge in [-0.1, -0.05) is 12.1 Å². The van der Waals surface area contributed by atoms with E-state index in [0.29, 0.717) is 4.96 Å². The maximum atomic E-state index is 13.6. The first-order valence-electron chi connectivity index (χ1n) is 5.93. The molecule has 0 aliphatic heterocycles. The first kappa shape index (κ1) is 13.8. The van der Waals surface area contributed by atoms with Crippen LogP contribution in [-0.4, -0.2) is 24.9 Å². The van der Waals surface area contributed by atoms with E-state index in [1.807, 2.05) is 0 Å². The Morgan fingerprint density at radius 1 is 1.33 bits per heavy atom. The van der Waals surface area contributed by atoms with Crippen LogP contribution in [-0.2, 0) is 10.0 Å². The van der Waals surface area contributed by atoms with Crippen LogP contribution >= 0.6 is 11.3 Å². The first-order chi connectivity index (χ1) is 10.0. The van der Waals surface area contributed by atoms with Gasteiger partial charge in [-0.25, -0.2) is 9.37 Å². The number of rotatable bonds is 4. The molecule has 0 fully saturated rings. The van der Waals surface area contributed by atoms with Crippen LogP contribution in [0.15, 0.2) is 40.9 Å². The zero-order chi connectivity index (χ0) is 15.0. The number of sulfonamides is 1. The van der Waals surface area contributed by atoms with Gasteiger partial charge in [-0.05, 0) is 12.1 Å². The molecule has 0 spiro atoms. The second-order valence-corrected chi connectivity index (χ2v) is 6.63. The van der Waals surface area contributed by atoms with Gasteiger partial charge in [0.25, 0.3) is 10.0 Å². The smallest absolute Gasteiger partial charge is 0.281 e. The number of hydrogen-bond donors (Lipinski definition) is 2. The summed E-state index contributed by atoms with van der Waals surface area (Å²) in [6.45, 7) is 0. The van der Waals surface area contributed by atoms with Crippen LogP contribution < -0.4 is 10.0 Å². The zero-order valence-corrected chi connectivity index (χ0v) is 12.5. The minimum absolute atomic E-state index is 0.0514. The van der Waals surface area contributed by atoms with Crippen molar-refractivity contribution in [1.82, 2.24) is 9.38 Å². The lowest BCUT2D eigenvalue weighted by Gasteiger charge is -2.09. The molecule has 2 heterocycles. The molecule has 2 aromatic heterocycles. The van der Waals surface area contributed by atoms with Crippen LogP contribution in [0.25, 0.3) is 4.96 Å². The first-order valence-corrected chi connectivity index (χ1v) is 8.30. The van der Waals surface area contributed by atoms with Crippen molar-refractivity contribution < 1.29 is 12.8 Å². The summed E-state index contributed by atoms with van der Waals surface area (Å²) >= 11 is 1.31. The predicted octanol–water partition coefficient (Wildman–Crippen LogP) is 2.38. The molecule has 6 nitrogen and oxygen atoms in total. The van der Waals surface area contributed by atoms with Crippen molar-refractivity contribution in [3.05, 3.63) is 41.7 Å². The van der Waals surface area contributed by atoms with Gasteiger partial charge in [0.05, 0.1) is 5.69 Å². The third-order valence-corrected chi connectivity index (χ3v) is 4.97. The highest BCUT2D eigenvalue weighted by molar-refractivity contribution is 7.92. The Morgan fingerprint density at radius 2 is 2.10 bits per heavy atom. The monoisotopic (exact) mass is 326 g/mol. The molecule has 0 aliphatic rings. The van der Waals surface area contributed by atoms with Crippen molar-refractivity contribution in [1.29, 1.82) is 0 Å². The van der Waals surface area contributed by atoms with E-state index in [1.54, 1.807) is 24.7 Å². The fraction of sp³-hybridized carbons (Fsp3) is 0.0833. The van der Waals surface area contributed by atoms with Crippen LogP contribution in [0.2, 0.25) is 0 Å². The Labute approximate surface area is 124 Å². The molecular weight excluding hydrogens is 315 g/mol. The van der Waals surface area contributed by atoms with Gasteiger partial charge < -0.3 is 5.32 Å². The normalized spacial score (nSPS) is 11.7. The van der Waals surface area contributed by atoms with Crippen LogP contribution in [0.4, 0.5) is 15.9 Å². The molecule has 110 valence electrons. The third kappa shape index (κ3) is 2.34. The Kier molecular flexibility index (Phi) is 3.30. The number of fused-ring (bicyclic) bond motifs is 1. The quantitative estimate of drug-likeness (QED) is 0.772. The van der Waals surface area contributed by atoms with E-state index in [0.717, 1.165) is 0 Å². The zero-order valence-electron chi connectivity index (χ0n) is 10.9. The number of anilines is 2. The predicted molar refractivity (Wildman–Crippen MR) is 79.8 cm³/mol. The van der Waals surface area contributed by atoms with Gasteiger partial charge in [0.15, 0.2) is 10.8 Å². The van der Waals surface area contributed by atoms with Gasteiger partial charge >= 0.3 is 0 Å². The Hall–Kier alpha value is -2.13. The van der Waals surface area contributed by atoms with E-state index in [2.05, 4.69) is 15.0 Å². The van der Waals surface area contributed by atoms with E-state index < -0.39 is 15.8 Å². The molecule has 0 amide bonds. The van der Waals surface area contributed by atoms with E-state index in [-0.39, 0.29) is 16.5 Å². The Morgan fingerprint density at radius 3 is 2.81 bits per heavy atom. The summed E-state index contributed by atoms with van der Waals surface area (Å²) in [6.07, 6.45) is 1.60. The summed E-state index contributed by atoms with van der Waals surface area (Å²) in [5, 5.41) is 4.41. The molecule has 9 heteroatoms. The molecule has 21 heavy (non-hydrogen) atoms. The second-order valence-electron chi connectivity index (χ2n) is 4.16. The van der Waals surface area contributed by atoms with Crippen LogP contribution in [0.3, 0.4) is 0 Å². The summed E-state index contributed by atoms with van der Waals surface area (Å²) in [6, 6.07) is 5.59. The summed E-state index contributed by atoms with van der Waals surface area (Å²) in [7, 11) is -2.40. The lowest BCUT2D eigenvalue weighted by molar-refractivity contribution is 0.594. The fourth-order valence-electron chi connectivity index (χ4n) is 1.92. The van der Waals surface area contributed by atoms with Crippen LogP contribution in [0.5, 0.6) is 0 Å². The average molecular weight is 326 g/mol. The van der Waals surface area contributed by atoms with Crippen molar-refractivity contribution in [2.24, 2.45) is 0 Å². The van der Waals surface area contributed by atoms with Crippen molar-refractivity contribution >= 4 is 37.8 Å². The highest BCUT2D eigenvalue weighted by Gasteiger charge is 2.26. The number of hydrogen-bond acceptors (Lipinski definition) is 5. The molecule has 0 saturated carbocycles. The van der Waals surface area contributed by atoms with Crippen molar-refractivity contribution in [3.8, 4) is 0 Å². The van der Waals surface area contributed by atoms with Crippen molar-refractivity contribution in [2.75, 3.05) is 17.1 Å². The summed E-state index contributed by atoms with van der Waals surface area (Å²) < 4.78 is 42.4. The molecule has 0 unspecified atom stereocenters. The SMILES string of the molecule is CNc1nc2sccn2c1S(=O)(=O)Nc1ccccc1F. The maximum absolute atomic E-state index is 13.6. The lowest BCUT2D eigenvalue weighted by atomic mass is 10.3. The summed E-state index contributed by atoms with van der Waals surface area (Å²) in [5.74, 6) is -0.427. The molecule has 1 aromatic carbocycles. The number of benzene rings is 1. The van der Waals surface area contributed by atoms with Gasteiger partial charge in [0.1, 0.15) is 5.82 Å². The van der Waals surface area contributed by atoms with E-state index in [4.69, 9.17) is 0 Å². The van der Waals surface area contributed by atoms with Gasteiger partial charge in [0.2, 0.25) is 5.03 Å². The highest BCUT2D eigenvalue weighted by Crippen LogP contribution is 2.27. The van der Waals surface area contributed by atoms with Gasteiger partial charge in [-0.3, -0.25) is 9.12 Å². The highest BCUT2D eigenvalue weighted by atomic mass is 32.2. The van der Waals surface area contributed by atoms with E-state index in [9.17, 15) is 12.8 Å². The fourth-order valence-corrected chi connectivity index (χ4v) is 4.05. The molecule has 2 N–H and O–H groups in total. The number of nitrogens with one attached hydrogen (secondary N) is 2. The molecule has 0 radical (unpaired) electrons. The number of aromatic nitrogens is 2. The molecular formula is C12H11FN4O2S2. The lowest BCUT2D eigenvalue weighted by Crippen LogP contribution is -2.17. The minimum atomic E-state index is -3.98. The standard InChI is InChI=1S/C12H11FN4O2S2/c1-14-10-11(17-6-7-20-12(17)15-10)21(18,19)16-9-5-3-2-4-8(9)13/h2-7,14,16H,1H3. The third-order valence-electron chi connectivity index (χ3n) is 2.83. The molecule has 0 saturated heterocycles. The number of para-hydroxylation sites is 1. The largest absolute Gasteiger partial charge is 0.371 e. The topological polar surface area (TPSA) is 75.5 Å².